The van der Waals surface area contributed by atoms with Gasteiger partial charge in [-0.1, -0.05) is 112 Å². The second-order valence-electron chi connectivity index (χ2n) is 8.87. The van der Waals surface area contributed by atoms with Crippen molar-refractivity contribution in [3.8, 4) is 0 Å². The Labute approximate surface area is 182 Å². The average Bonchev–Trinajstić information content (AvgIpc) is 2.74. The van der Waals surface area contributed by atoms with Crippen LogP contribution in [0.5, 0.6) is 0 Å². The molecule has 0 saturated heterocycles. The lowest BCUT2D eigenvalue weighted by molar-refractivity contribution is -0.118. The van der Waals surface area contributed by atoms with E-state index in [4.69, 9.17) is 4.43 Å². The Morgan fingerprint density at radius 3 is 1.63 bits per heavy atom. The number of carbonyl (C=O) groups is 1. The first kappa shape index (κ1) is 22.2. The van der Waals surface area contributed by atoms with E-state index in [2.05, 4.69) is 81.4 Å². The third kappa shape index (κ3) is 4.63. The van der Waals surface area contributed by atoms with Crippen LogP contribution in [0.2, 0.25) is 5.04 Å². The van der Waals surface area contributed by atoms with Crippen LogP contribution in [0.15, 0.2) is 91.0 Å². The maximum atomic E-state index is 12.4. The summed E-state index contributed by atoms with van der Waals surface area (Å²) in [6, 6.07) is 31.3. The van der Waals surface area contributed by atoms with Crippen molar-refractivity contribution in [2.24, 2.45) is 0 Å². The maximum absolute atomic E-state index is 12.4. The molecule has 30 heavy (non-hydrogen) atoms. The van der Waals surface area contributed by atoms with E-state index < -0.39 is 8.32 Å². The molecule has 3 rings (SSSR count). The minimum Gasteiger partial charge on any atom is -0.407 e. The third-order valence-corrected chi connectivity index (χ3v) is 10.9. The van der Waals surface area contributed by atoms with E-state index in [9.17, 15) is 4.79 Å². The summed E-state index contributed by atoms with van der Waals surface area (Å²) < 4.78 is 6.96. The lowest BCUT2D eigenvalue weighted by Crippen LogP contribution is -2.66. The normalized spacial score (nSPS) is 13.1. The SMILES string of the molecule is CC(=O)C(CCO[Si](c1ccccc1)(c1ccccc1)C(C)(C)C)c1ccccc1. The predicted octanol–water partition coefficient (Wildman–Crippen LogP) is 5.33. The lowest BCUT2D eigenvalue weighted by Gasteiger charge is -2.43. The smallest absolute Gasteiger partial charge is 0.261 e. The van der Waals surface area contributed by atoms with Gasteiger partial charge in [-0.3, -0.25) is 4.79 Å². The van der Waals surface area contributed by atoms with E-state index >= 15 is 0 Å². The highest BCUT2D eigenvalue weighted by atomic mass is 28.4. The average molecular weight is 417 g/mol. The highest BCUT2D eigenvalue weighted by Gasteiger charge is 2.50. The van der Waals surface area contributed by atoms with Crippen molar-refractivity contribution in [1.29, 1.82) is 0 Å². The van der Waals surface area contributed by atoms with Crippen LogP contribution in [-0.4, -0.2) is 20.7 Å². The Morgan fingerprint density at radius 1 is 0.800 bits per heavy atom. The molecule has 2 nitrogen and oxygen atoms in total. The fourth-order valence-electron chi connectivity index (χ4n) is 4.38. The van der Waals surface area contributed by atoms with Crippen molar-refractivity contribution in [2.45, 2.75) is 45.1 Å². The molecule has 1 atom stereocenters. The van der Waals surface area contributed by atoms with Crippen LogP contribution in [0.25, 0.3) is 0 Å². The minimum absolute atomic E-state index is 0.0613. The monoisotopic (exact) mass is 416 g/mol. The van der Waals surface area contributed by atoms with E-state index in [1.54, 1.807) is 6.92 Å². The molecule has 0 spiro atoms. The van der Waals surface area contributed by atoms with E-state index in [1.807, 2.05) is 30.3 Å². The fourth-order valence-corrected chi connectivity index (χ4v) is 8.96. The Balaban J connectivity index is 1.96. The van der Waals surface area contributed by atoms with E-state index in [0.29, 0.717) is 13.0 Å². The second-order valence-corrected chi connectivity index (χ2v) is 13.2. The summed E-state index contributed by atoms with van der Waals surface area (Å²) in [5.74, 6) is 0.0525. The first-order valence-electron chi connectivity index (χ1n) is 10.7. The molecule has 0 saturated carbocycles. The number of ketones is 1. The topological polar surface area (TPSA) is 26.3 Å². The molecule has 0 aromatic heterocycles. The molecule has 0 aliphatic heterocycles. The van der Waals surface area contributed by atoms with Gasteiger partial charge >= 0.3 is 0 Å². The number of Topliss-reactive ketones (excluding diaryl/α,β-unsaturated/α-hetero) is 1. The number of benzene rings is 3. The molecule has 0 radical (unpaired) electrons. The van der Waals surface area contributed by atoms with Crippen LogP contribution in [0.1, 0.15) is 45.6 Å². The highest BCUT2D eigenvalue weighted by molar-refractivity contribution is 6.99. The molecule has 1 unspecified atom stereocenters. The molecule has 3 aromatic carbocycles. The zero-order valence-corrected chi connectivity index (χ0v) is 19.5. The van der Waals surface area contributed by atoms with Crippen LogP contribution in [0.3, 0.4) is 0 Å². The van der Waals surface area contributed by atoms with Crippen LogP contribution in [-0.2, 0) is 9.22 Å². The summed E-state index contributed by atoms with van der Waals surface area (Å²) in [4.78, 5) is 12.4. The number of carbonyl (C=O) groups excluding carboxylic acids is 1. The van der Waals surface area contributed by atoms with Gasteiger partial charge in [-0.25, -0.2) is 0 Å². The molecule has 0 amide bonds. The summed E-state index contributed by atoms with van der Waals surface area (Å²) in [5.41, 5.74) is 1.07. The Bertz CT molecular complexity index is 891. The zero-order chi connectivity index (χ0) is 21.6. The Kier molecular flexibility index (Phi) is 7.06. The Hall–Kier alpha value is -2.49. The van der Waals surface area contributed by atoms with Gasteiger partial charge in [-0.15, -0.1) is 0 Å². The first-order chi connectivity index (χ1) is 14.4. The van der Waals surface area contributed by atoms with Crippen molar-refractivity contribution in [3.63, 3.8) is 0 Å². The van der Waals surface area contributed by atoms with Gasteiger partial charge in [0.05, 0.1) is 0 Å². The van der Waals surface area contributed by atoms with Crippen LogP contribution >= 0.6 is 0 Å². The molecular formula is C27H32O2Si. The van der Waals surface area contributed by atoms with Gasteiger partial charge < -0.3 is 4.43 Å². The summed E-state index contributed by atoms with van der Waals surface area (Å²) in [5, 5.41) is 2.47. The van der Waals surface area contributed by atoms with Gasteiger partial charge in [0.25, 0.3) is 8.32 Å². The quantitative estimate of drug-likeness (QED) is 0.464. The minimum atomic E-state index is -2.56. The second kappa shape index (κ2) is 9.54. The number of rotatable bonds is 8. The van der Waals surface area contributed by atoms with Gasteiger partial charge in [0, 0.05) is 12.5 Å². The predicted molar refractivity (Wildman–Crippen MR) is 128 cm³/mol. The van der Waals surface area contributed by atoms with Crippen molar-refractivity contribution in [3.05, 3.63) is 96.6 Å². The van der Waals surface area contributed by atoms with Crippen molar-refractivity contribution in [2.75, 3.05) is 6.61 Å². The van der Waals surface area contributed by atoms with Crippen LogP contribution < -0.4 is 10.4 Å². The molecule has 0 aliphatic carbocycles. The molecule has 0 bridgehead atoms. The summed E-state index contributed by atoms with van der Waals surface area (Å²) in [6.45, 7) is 9.06. The molecule has 0 fully saturated rings. The van der Waals surface area contributed by atoms with Gasteiger partial charge in [-0.05, 0) is 34.3 Å². The van der Waals surface area contributed by atoms with E-state index in [-0.39, 0.29) is 16.7 Å². The van der Waals surface area contributed by atoms with Crippen molar-refractivity contribution >= 4 is 24.5 Å². The standard InChI is InChI=1S/C27H32O2Si/c1-22(28)26(23-14-8-5-9-15-23)20-21-29-30(27(2,3)4,24-16-10-6-11-17-24)25-18-12-7-13-19-25/h5-19,26H,20-21H2,1-4H3. The van der Waals surface area contributed by atoms with Gasteiger partial charge in [0.15, 0.2) is 0 Å². The zero-order valence-electron chi connectivity index (χ0n) is 18.5. The highest BCUT2D eigenvalue weighted by Crippen LogP contribution is 2.37. The Morgan fingerprint density at radius 2 is 1.23 bits per heavy atom. The maximum Gasteiger partial charge on any atom is 0.261 e. The molecule has 0 aliphatic rings. The van der Waals surface area contributed by atoms with Gasteiger partial charge in [0.2, 0.25) is 0 Å². The van der Waals surface area contributed by atoms with Gasteiger partial charge in [-0.2, -0.15) is 0 Å². The summed E-state index contributed by atoms with van der Waals surface area (Å²) in [6.07, 6.45) is 0.684. The first-order valence-corrected chi connectivity index (χ1v) is 12.6. The lowest BCUT2D eigenvalue weighted by atomic mass is 9.93. The van der Waals surface area contributed by atoms with E-state index in [1.165, 1.54) is 10.4 Å². The summed E-state index contributed by atoms with van der Waals surface area (Å²) >= 11 is 0. The van der Waals surface area contributed by atoms with Crippen LogP contribution in [0, 0.1) is 0 Å². The van der Waals surface area contributed by atoms with Crippen molar-refractivity contribution in [1.82, 2.24) is 0 Å². The fraction of sp³-hybridized carbons (Fsp3) is 0.296. The molecule has 156 valence electrons. The molecule has 3 heteroatoms. The third-order valence-electron chi connectivity index (χ3n) is 5.83. The number of hydrogen-bond donors (Lipinski definition) is 0. The molecule has 0 heterocycles. The molecule has 0 N–H and O–H groups in total. The van der Waals surface area contributed by atoms with E-state index in [0.717, 1.165) is 5.56 Å². The summed E-state index contributed by atoms with van der Waals surface area (Å²) in [7, 11) is -2.56. The molecule has 3 aromatic rings. The molecular weight excluding hydrogens is 384 g/mol. The van der Waals surface area contributed by atoms with Gasteiger partial charge in [0.1, 0.15) is 5.78 Å². The number of hydrogen-bond acceptors (Lipinski definition) is 2. The van der Waals surface area contributed by atoms with Crippen molar-refractivity contribution < 1.29 is 9.22 Å². The largest absolute Gasteiger partial charge is 0.407 e. The van der Waals surface area contributed by atoms with Crippen LogP contribution in [0.4, 0.5) is 0 Å².